The lowest BCUT2D eigenvalue weighted by molar-refractivity contribution is -0.137. The van der Waals surface area contributed by atoms with E-state index in [1.165, 1.54) is 6.26 Å². The number of benzene rings is 1. The Bertz CT molecular complexity index is 781. The Morgan fingerprint density at radius 2 is 1.81 bits per heavy atom. The first-order valence-electron chi connectivity index (χ1n) is 8.88. The Balaban J connectivity index is 0.00000261. The van der Waals surface area contributed by atoms with Gasteiger partial charge in [-0.25, -0.2) is 0 Å². The summed E-state index contributed by atoms with van der Waals surface area (Å²) < 4.78 is 5.18. The van der Waals surface area contributed by atoms with E-state index >= 15 is 0 Å². The van der Waals surface area contributed by atoms with Crippen LogP contribution in [0.3, 0.4) is 0 Å². The monoisotopic (exact) mass is 391 g/mol. The van der Waals surface area contributed by atoms with Gasteiger partial charge in [0.2, 0.25) is 5.91 Å². The number of furan rings is 1. The second-order valence-electron chi connectivity index (χ2n) is 7.00. The number of nitrogens with one attached hydrogen (secondary N) is 1. The molecule has 0 spiro atoms. The summed E-state index contributed by atoms with van der Waals surface area (Å²) in [4.78, 5) is 27.0. The number of nitrogens with zero attached hydrogens (tertiary/aromatic N) is 1. The van der Waals surface area contributed by atoms with Crippen molar-refractivity contribution < 1.29 is 14.0 Å². The highest BCUT2D eigenvalue weighted by atomic mass is 35.5. The van der Waals surface area contributed by atoms with E-state index in [-0.39, 0.29) is 30.3 Å². The van der Waals surface area contributed by atoms with E-state index in [0.29, 0.717) is 37.3 Å². The Labute approximate surface area is 165 Å². The molecule has 1 aromatic carbocycles. The van der Waals surface area contributed by atoms with Gasteiger partial charge in [0, 0.05) is 19.1 Å². The van der Waals surface area contributed by atoms with E-state index in [0.717, 1.165) is 5.56 Å². The van der Waals surface area contributed by atoms with Gasteiger partial charge in [0.1, 0.15) is 11.3 Å². The predicted octanol–water partition coefficient (Wildman–Crippen LogP) is 2.60. The Morgan fingerprint density at radius 3 is 2.37 bits per heavy atom. The van der Waals surface area contributed by atoms with Crippen LogP contribution in [0.5, 0.6) is 0 Å². The maximum atomic E-state index is 12.9. The molecule has 1 aromatic heterocycles. The summed E-state index contributed by atoms with van der Waals surface area (Å²) in [6.07, 6.45) is 2.93. The van der Waals surface area contributed by atoms with Crippen molar-refractivity contribution in [3.63, 3.8) is 0 Å². The molecular formula is C20H26ClN3O3. The van der Waals surface area contributed by atoms with E-state index in [1.54, 1.807) is 24.8 Å². The standard InChI is InChI=1S/C20H25N3O3.ClH/c1-14-17(10-13-26-14)18(24)22-16-8-11-23(12-9-16)19(25)20(2,21)15-6-4-3-5-7-15;/h3-7,10,13,16H,8-9,11-12,21H2,1-2H3,(H,22,24);1H. The zero-order valence-corrected chi connectivity index (χ0v) is 16.4. The van der Waals surface area contributed by atoms with Gasteiger partial charge in [-0.2, -0.15) is 0 Å². The van der Waals surface area contributed by atoms with Crippen molar-refractivity contribution in [1.29, 1.82) is 0 Å². The van der Waals surface area contributed by atoms with Gasteiger partial charge in [-0.05, 0) is 38.3 Å². The molecule has 0 radical (unpaired) electrons. The van der Waals surface area contributed by atoms with Gasteiger partial charge in [-0.15, -0.1) is 12.4 Å². The molecule has 0 saturated carbocycles. The molecule has 1 atom stereocenters. The number of halogens is 1. The molecule has 2 aromatic rings. The van der Waals surface area contributed by atoms with Crippen LogP contribution >= 0.6 is 12.4 Å². The van der Waals surface area contributed by atoms with E-state index in [4.69, 9.17) is 10.2 Å². The van der Waals surface area contributed by atoms with Crippen molar-refractivity contribution in [2.45, 2.75) is 38.3 Å². The largest absolute Gasteiger partial charge is 0.469 e. The van der Waals surface area contributed by atoms with E-state index in [1.807, 2.05) is 30.3 Å². The highest BCUT2D eigenvalue weighted by Gasteiger charge is 2.36. The lowest BCUT2D eigenvalue weighted by atomic mass is 9.90. The predicted molar refractivity (Wildman–Crippen MR) is 106 cm³/mol. The van der Waals surface area contributed by atoms with Crippen LogP contribution in [0.1, 0.15) is 41.4 Å². The number of hydrogen-bond acceptors (Lipinski definition) is 4. The third-order valence-corrected chi connectivity index (χ3v) is 5.04. The van der Waals surface area contributed by atoms with Gasteiger partial charge >= 0.3 is 0 Å². The van der Waals surface area contributed by atoms with Crippen LogP contribution in [0.4, 0.5) is 0 Å². The summed E-state index contributed by atoms with van der Waals surface area (Å²) in [6, 6.07) is 11.1. The summed E-state index contributed by atoms with van der Waals surface area (Å²) >= 11 is 0. The fourth-order valence-electron chi connectivity index (χ4n) is 3.35. The Morgan fingerprint density at radius 1 is 1.19 bits per heavy atom. The average Bonchev–Trinajstić information content (AvgIpc) is 3.08. The number of nitrogens with two attached hydrogens (primary N) is 1. The smallest absolute Gasteiger partial charge is 0.255 e. The minimum Gasteiger partial charge on any atom is -0.469 e. The van der Waals surface area contributed by atoms with Gasteiger partial charge < -0.3 is 20.4 Å². The molecule has 1 aliphatic rings. The molecule has 1 fully saturated rings. The third-order valence-electron chi connectivity index (χ3n) is 5.04. The second kappa shape index (κ2) is 8.59. The van der Waals surface area contributed by atoms with Crippen LogP contribution in [0.25, 0.3) is 0 Å². The van der Waals surface area contributed by atoms with Crippen LogP contribution in [-0.2, 0) is 10.3 Å². The zero-order chi connectivity index (χ0) is 18.7. The summed E-state index contributed by atoms with van der Waals surface area (Å²) in [6.45, 7) is 4.67. The molecular weight excluding hydrogens is 366 g/mol. The highest BCUT2D eigenvalue weighted by Crippen LogP contribution is 2.23. The molecule has 27 heavy (non-hydrogen) atoms. The number of hydrogen-bond donors (Lipinski definition) is 2. The average molecular weight is 392 g/mol. The molecule has 1 saturated heterocycles. The molecule has 0 aliphatic carbocycles. The number of rotatable bonds is 4. The zero-order valence-electron chi connectivity index (χ0n) is 15.6. The highest BCUT2D eigenvalue weighted by molar-refractivity contribution is 5.95. The van der Waals surface area contributed by atoms with E-state index < -0.39 is 5.54 Å². The SMILES string of the molecule is Cc1occc1C(=O)NC1CCN(C(=O)C(C)(N)c2ccccc2)CC1.Cl. The Kier molecular flexibility index (Phi) is 6.68. The first-order chi connectivity index (χ1) is 12.4. The van der Waals surface area contributed by atoms with Crippen molar-refractivity contribution in [2.24, 2.45) is 5.73 Å². The number of aryl methyl sites for hydroxylation is 1. The van der Waals surface area contributed by atoms with Crippen molar-refractivity contribution in [3.05, 3.63) is 59.5 Å². The number of carbonyl (C=O) groups excluding carboxylic acids is 2. The van der Waals surface area contributed by atoms with Crippen molar-refractivity contribution in [2.75, 3.05) is 13.1 Å². The lowest BCUT2D eigenvalue weighted by Gasteiger charge is -2.37. The third kappa shape index (κ3) is 4.51. The fourth-order valence-corrected chi connectivity index (χ4v) is 3.35. The Hall–Kier alpha value is -2.31. The van der Waals surface area contributed by atoms with Gasteiger partial charge in [-0.3, -0.25) is 9.59 Å². The van der Waals surface area contributed by atoms with Gasteiger partial charge in [0.15, 0.2) is 0 Å². The summed E-state index contributed by atoms with van der Waals surface area (Å²) in [7, 11) is 0. The minimum atomic E-state index is -1.05. The maximum absolute atomic E-state index is 12.9. The molecule has 2 amide bonds. The maximum Gasteiger partial charge on any atom is 0.255 e. The molecule has 7 heteroatoms. The minimum absolute atomic E-state index is 0. The van der Waals surface area contributed by atoms with E-state index in [2.05, 4.69) is 5.32 Å². The molecule has 3 rings (SSSR count). The normalized spacial score (nSPS) is 16.9. The van der Waals surface area contributed by atoms with Crippen LogP contribution in [0.2, 0.25) is 0 Å². The molecule has 2 heterocycles. The number of carbonyl (C=O) groups is 2. The molecule has 6 nitrogen and oxygen atoms in total. The van der Waals surface area contributed by atoms with Crippen molar-refractivity contribution in [3.8, 4) is 0 Å². The van der Waals surface area contributed by atoms with Crippen LogP contribution < -0.4 is 11.1 Å². The summed E-state index contributed by atoms with van der Waals surface area (Å²) in [5.74, 6) is 0.394. The number of amides is 2. The van der Waals surface area contributed by atoms with Crippen molar-refractivity contribution >= 4 is 24.2 Å². The second-order valence-corrected chi connectivity index (χ2v) is 7.00. The van der Waals surface area contributed by atoms with Crippen LogP contribution in [-0.4, -0.2) is 35.8 Å². The quantitative estimate of drug-likeness (QED) is 0.838. The first-order valence-corrected chi connectivity index (χ1v) is 8.88. The fraction of sp³-hybridized carbons (Fsp3) is 0.400. The topological polar surface area (TPSA) is 88.6 Å². The van der Waals surface area contributed by atoms with Gasteiger partial charge in [0.25, 0.3) is 5.91 Å². The molecule has 146 valence electrons. The molecule has 0 bridgehead atoms. The molecule has 3 N–H and O–H groups in total. The van der Waals surface area contributed by atoms with Crippen LogP contribution in [0, 0.1) is 6.92 Å². The molecule has 1 unspecified atom stereocenters. The number of likely N-dealkylation sites (tertiary alicyclic amines) is 1. The van der Waals surface area contributed by atoms with Gasteiger partial charge in [0.05, 0.1) is 11.8 Å². The summed E-state index contributed by atoms with van der Waals surface area (Å²) in [5, 5.41) is 3.02. The first kappa shape index (κ1) is 21.0. The van der Waals surface area contributed by atoms with E-state index in [9.17, 15) is 9.59 Å². The lowest BCUT2D eigenvalue weighted by Crippen LogP contribution is -2.55. The van der Waals surface area contributed by atoms with Crippen molar-refractivity contribution in [1.82, 2.24) is 10.2 Å². The molecule has 1 aliphatic heterocycles. The van der Waals surface area contributed by atoms with Crippen LogP contribution in [0.15, 0.2) is 47.1 Å². The van der Waals surface area contributed by atoms with Gasteiger partial charge in [-0.1, -0.05) is 30.3 Å². The summed E-state index contributed by atoms with van der Waals surface area (Å²) in [5.41, 5.74) is 6.65. The number of piperidine rings is 1.